The van der Waals surface area contributed by atoms with Crippen molar-refractivity contribution in [3.05, 3.63) is 28.8 Å². The third-order valence-corrected chi connectivity index (χ3v) is 3.88. The van der Waals surface area contributed by atoms with Crippen molar-refractivity contribution in [2.24, 2.45) is 5.73 Å². The van der Waals surface area contributed by atoms with Gasteiger partial charge < -0.3 is 10.6 Å². The summed E-state index contributed by atoms with van der Waals surface area (Å²) in [6, 6.07) is 6.39. The fourth-order valence-electron chi connectivity index (χ4n) is 2.35. The van der Waals surface area contributed by atoms with E-state index in [1.807, 2.05) is 18.2 Å². The van der Waals surface area contributed by atoms with Crippen LogP contribution >= 0.6 is 23.8 Å². The van der Waals surface area contributed by atoms with Crippen LogP contribution in [0.15, 0.2) is 18.2 Å². The Morgan fingerprint density at radius 3 is 2.82 bits per heavy atom. The number of hydrogen-bond donors (Lipinski definition) is 1. The fraction of sp³-hybridized carbons (Fsp3) is 0.462. The third-order valence-electron chi connectivity index (χ3n) is 3.34. The van der Waals surface area contributed by atoms with Gasteiger partial charge in [-0.25, -0.2) is 0 Å². The number of nitrogens with zero attached hydrogens (tertiary/aromatic N) is 1. The highest BCUT2D eigenvalue weighted by molar-refractivity contribution is 7.80. The number of hydrogen-bond acceptors (Lipinski definition) is 2. The molecule has 1 atom stereocenters. The number of anilines is 1. The van der Waals surface area contributed by atoms with Crippen LogP contribution in [0.25, 0.3) is 0 Å². The van der Waals surface area contributed by atoms with E-state index in [2.05, 4.69) is 11.8 Å². The lowest BCUT2D eigenvalue weighted by Gasteiger charge is -2.36. The van der Waals surface area contributed by atoms with Gasteiger partial charge in [0.2, 0.25) is 0 Å². The predicted octanol–water partition coefficient (Wildman–Crippen LogP) is 3.35. The minimum atomic E-state index is 0.394. The largest absolute Gasteiger partial charge is 0.389 e. The number of benzene rings is 1. The topological polar surface area (TPSA) is 29.3 Å². The molecule has 0 spiro atoms. The molecule has 1 aromatic carbocycles. The standard InChI is InChI=1S/C13H17ClN2S/c1-9-4-2-3-7-16(9)12-6-5-10(13(15)17)8-11(12)14/h5-6,8-9H,2-4,7H2,1H3,(H2,15,17). The molecule has 1 aliphatic heterocycles. The first-order valence-corrected chi connectivity index (χ1v) is 6.74. The Hall–Kier alpha value is -0.800. The number of piperidine rings is 1. The van der Waals surface area contributed by atoms with Crippen molar-refractivity contribution in [3.8, 4) is 0 Å². The molecule has 1 unspecified atom stereocenters. The second kappa shape index (κ2) is 5.23. The first kappa shape index (κ1) is 12.7. The molecule has 1 aromatic rings. The second-order valence-electron chi connectivity index (χ2n) is 4.57. The Morgan fingerprint density at radius 2 is 2.24 bits per heavy atom. The van der Waals surface area contributed by atoms with E-state index in [9.17, 15) is 0 Å². The highest BCUT2D eigenvalue weighted by Gasteiger charge is 2.20. The Kier molecular flexibility index (Phi) is 3.89. The minimum absolute atomic E-state index is 0.394. The number of halogens is 1. The van der Waals surface area contributed by atoms with Gasteiger partial charge in [0.15, 0.2) is 0 Å². The van der Waals surface area contributed by atoms with Crippen molar-refractivity contribution < 1.29 is 0 Å². The van der Waals surface area contributed by atoms with Crippen molar-refractivity contribution in [2.45, 2.75) is 32.2 Å². The van der Waals surface area contributed by atoms with Gasteiger partial charge >= 0.3 is 0 Å². The van der Waals surface area contributed by atoms with Gasteiger partial charge in [-0.3, -0.25) is 0 Å². The zero-order valence-corrected chi connectivity index (χ0v) is 11.5. The molecule has 1 heterocycles. The first-order valence-electron chi connectivity index (χ1n) is 5.95. The van der Waals surface area contributed by atoms with Crippen LogP contribution in [0.1, 0.15) is 31.7 Å². The molecular formula is C13H17ClN2S. The summed E-state index contributed by atoms with van der Waals surface area (Å²) in [5.41, 5.74) is 7.53. The van der Waals surface area contributed by atoms with E-state index < -0.39 is 0 Å². The molecule has 4 heteroatoms. The highest BCUT2D eigenvalue weighted by atomic mass is 35.5. The monoisotopic (exact) mass is 268 g/mol. The maximum Gasteiger partial charge on any atom is 0.104 e. The summed E-state index contributed by atoms with van der Waals surface area (Å²) in [7, 11) is 0. The van der Waals surface area contributed by atoms with Crippen LogP contribution in [0, 0.1) is 0 Å². The molecule has 0 bridgehead atoms. The zero-order valence-electron chi connectivity index (χ0n) is 9.95. The molecule has 0 radical (unpaired) electrons. The van der Waals surface area contributed by atoms with E-state index in [0.717, 1.165) is 22.8 Å². The Morgan fingerprint density at radius 1 is 1.47 bits per heavy atom. The summed E-state index contributed by atoms with van der Waals surface area (Å²) in [6.45, 7) is 3.32. The second-order valence-corrected chi connectivity index (χ2v) is 5.42. The molecule has 1 fully saturated rings. The molecule has 2 nitrogen and oxygen atoms in total. The van der Waals surface area contributed by atoms with E-state index in [1.54, 1.807) is 0 Å². The van der Waals surface area contributed by atoms with Gasteiger partial charge in [-0.2, -0.15) is 0 Å². The molecule has 1 aliphatic rings. The van der Waals surface area contributed by atoms with Crippen LogP contribution < -0.4 is 10.6 Å². The minimum Gasteiger partial charge on any atom is -0.389 e. The van der Waals surface area contributed by atoms with Gasteiger partial charge in [0, 0.05) is 18.2 Å². The third kappa shape index (κ3) is 2.72. The molecule has 2 N–H and O–H groups in total. The van der Waals surface area contributed by atoms with Crippen molar-refractivity contribution in [3.63, 3.8) is 0 Å². The molecule has 0 aliphatic carbocycles. The van der Waals surface area contributed by atoms with Crippen molar-refractivity contribution in [1.29, 1.82) is 0 Å². The lowest BCUT2D eigenvalue weighted by molar-refractivity contribution is 0.485. The van der Waals surface area contributed by atoms with E-state index in [-0.39, 0.29) is 0 Å². The number of nitrogens with two attached hydrogens (primary N) is 1. The Bertz CT molecular complexity index is 433. The first-order chi connectivity index (χ1) is 8.09. The molecule has 0 aromatic heterocycles. The Balaban J connectivity index is 2.29. The van der Waals surface area contributed by atoms with E-state index in [0.29, 0.717) is 11.0 Å². The van der Waals surface area contributed by atoms with Crippen LogP contribution in [0.2, 0.25) is 5.02 Å². The smallest absolute Gasteiger partial charge is 0.104 e. The molecular weight excluding hydrogens is 252 g/mol. The quantitative estimate of drug-likeness (QED) is 0.834. The summed E-state index contributed by atoms with van der Waals surface area (Å²) in [4.78, 5) is 2.76. The summed E-state index contributed by atoms with van der Waals surface area (Å²) in [6.07, 6.45) is 3.77. The molecule has 0 amide bonds. The maximum atomic E-state index is 6.32. The lowest BCUT2D eigenvalue weighted by atomic mass is 10.0. The maximum absolute atomic E-state index is 6.32. The summed E-state index contributed by atoms with van der Waals surface area (Å²) < 4.78 is 0. The molecule has 0 saturated carbocycles. The molecule has 2 rings (SSSR count). The van der Waals surface area contributed by atoms with E-state index in [4.69, 9.17) is 29.6 Å². The van der Waals surface area contributed by atoms with Crippen LogP contribution in [-0.4, -0.2) is 17.6 Å². The van der Waals surface area contributed by atoms with Crippen LogP contribution in [-0.2, 0) is 0 Å². The van der Waals surface area contributed by atoms with Gasteiger partial charge in [-0.15, -0.1) is 0 Å². The molecule has 92 valence electrons. The SMILES string of the molecule is CC1CCCCN1c1ccc(C(N)=S)cc1Cl. The summed E-state index contributed by atoms with van der Waals surface area (Å²) >= 11 is 11.3. The van der Waals surface area contributed by atoms with Crippen LogP contribution in [0.4, 0.5) is 5.69 Å². The molecule has 1 saturated heterocycles. The van der Waals surface area contributed by atoms with E-state index in [1.165, 1.54) is 19.3 Å². The fourth-order valence-corrected chi connectivity index (χ4v) is 2.77. The normalized spacial score (nSPS) is 20.4. The van der Waals surface area contributed by atoms with Gasteiger partial charge in [0.1, 0.15) is 4.99 Å². The highest BCUT2D eigenvalue weighted by Crippen LogP contribution is 2.31. The Labute approximate surface area is 113 Å². The average molecular weight is 269 g/mol. The van der Waals surface area contributed by atoms with Crippen molar-refractivity contribution >= 4 is 34.5 Å². The predicted molar refractivity (Wildman–Crippen MR) is 78.0 cm³/mol. The summed E-state index contributed by atoms with van der Waals surface area (Å²) in [5, 5.41) is 0.740. The van der Waals surface area contributed by atoms with Crippen molar-refractivity contribution in [2.75, 3.05) is 11.4 Å². The van der Waals surface area contributed by atoms with Crippen LogP contribution in [0.3, 0.4) is 0 Å². The molecule has 17 heavy (non-hydrogen) atoms. The number of thiocarbonyl (C=S) groups is 1. The van der Waals surface area contributed by atoms with Gasteiger partial charge in [-0.05, 0) is 44.4 Å². The lowest BCUT2D eigenvalue weighted by Crippen LogP contribution is -2.37. The van der Waals surface area contributed by atoms with Crippen LogP contribution in [0.5, 0.6) is 0 Å². The van der Waals surface area contributed by atoms with Gasteiger partial charge in [-0.1, -0.05) is 23.8 Å². The number of rotatable bonds is 2. The zero-order chi connectivity index (χ0) is 12.4. The van der Waals surface area contributed by atoms with Gasteiger partial charge in [0.25, 0.3) is 0 Å². The van der Waals surface area contributed by atoms with E-state index >= 15 is 0 Å². The van der Waals surface area contributed by atoms with Gasteiger partial charge in [0.05, 0.1) is 10.7 Å². The summed E-state index contributed by atoms with van der Waals surface area (Å²) in [5.74, 6) is 0. The average Bonchev–Trinajstić information content (AvgIpc) is 2.30. The van der Waals surface area contributed by atoms with Crippen molar-refractivity contribution in [1.82, 2.24) is 0 Å².